The van der Waals surface area contributed by atoms with Crippen molar-refractivity contribution in [2.75, 3.05) is 0 Å². The fraction of sp³-hybridized carbons (Fsp3) is 0.143. The predicted molar refractivity (Wildman–Crippen MR) is 73.2 cm³/mol. The van der Waals surface area contributed by atoms with Crippen LogP contribution in [0.4, 0.5) is 8.78 Å². The molecule has 0 unspecified atom stereocenters. The smallest absolute Gasteiger partial charge is 0.330 e. The molecule has 2 aromatic rings. The lowest BCUT2D eigenvalue weighted by atomic mass is 9.80. The van der Waals surface area contributed by atoms with E-state index in [2.05, 4.69) is 0 Å². The molecular formula is C14H10B2F2O2. The van der Waals surface area contributed by atoms with Gasteiger partial charge in [-0.2, -0.15) is 0 Å². The average molecular weight is 270 g/mol. The highest BCUT2D eigenvalue weighted by molar-refractivity contribution is 6.49. The van der Waals surface area contributed by atoms with Crippen molar-refractivity contribution in [3.63, 3.8) is 0 Å². The third-order valence-electron chi connectivity index (χ3n) is 3.11. The van der Waals surface area contributed by atoms with Crippen molar-refractivity contribution in [1.82, 2.24) is 0 Å². The van der Waals surface area contributed by atoms with Crippen molar-refractivity contribution < 1.29 is 18.1 Å². The number of rotatable bonds is 0. The van der Waals surface area contributed by atoms with E-state index in [4.69, 9.17) is 9.31 Å². The Kier molecular flexibility index (Phi) is 3.85. The minimum Gasteiger partial charge on any atom is -0.430 e. The Bertz CT molecular complexity index is 579. The van der Waals surface area contributed by atoms with E-state index in [0.29, 0.717) is 11.1 Å². The van der Waals surface area contributed by atoms with Crippen LogP contribution in [-0.4, -0.2) is 15.0 Å². The SMILES string of the molecule is Fc1ccc2c(c1)CO[B]c1ccc(F)cc1CO[B]2. The maximum absolute atomic E-state index is 13.2. The maximum Gasteiger partial charge on any atom is 0.330 e. The summed E-state index contributed by atoms with van der Waals surface area (Å²) in [5.41, 5.74) is 2.90. The number of fused-ring (bicyclic) bond motifs is 2. The first-order chi connectivity index (χ1) is 9.72. The molecule has 1 aliphatic heterocycles. The molecule has 0 aromatic heterocycles. The summed E-state index contributed by atoms with van der Waals surface area (Å²) < 4.78 is 37.4. The van der Waals surface area contributed by atoms with Crippen molar-refractivity contribution in [2.45, 2.75) is 13.2 Å². The van der Waals surface area contributed by atoms with E-state index in [9.17, 15) is 8.78 Å². The monoisotopic (exact) mass is 270 g/mol. The molecular weight excluding hydrogens is 260 g/mol. The zero-order chi connectivity index (χ0) is 13.9. The van der Waals surface area contributed by atoms with Gasteiger partial charge in [0.25, 0.3) is 0 Å². The molecule has 2 aromatic carbocycles. The average Bonchev–Trinajstić information content (AvgIpc) is 2.43. The molecule has 0 spiro atoms. The highest BCUT2D eigenvalue weighted by atomic mass is 19.1. The summed E-state index contributed by atoms with van der Waals surface area (Å²) in [5.74, 6) is -0.638. The molecule has 2 radical (unpaired) electrons. The third kappa shape index (κ3) is 2.92. The zero-order valence-electron chi connectivity index (χ0n) is 10.6. The fourth-order valence-electron chi connectivity index (χ4n) is 2.07. The predicted octanol–water partition coefficient (Wildman–Crippen LogP) is 1.20. The van der Waals surface area contributed by atoms with Gasteiger partial charge in [0.2, 0.25) is 0 Å². The molecule has 0 saturated heterocycles. The third-order valence-corrected chi connectivity index (χ3v) is 3.11. The van der Waals surface area contributed by atoms with Crippen LogP contribution < -0.4 is 10.9 Å². The maximum atomic E-state index is 13.2. The van der Waals surface area contributed by atoms with E-state index >= 15 is 0 Å². The summed E-state index contributed by atoms with van der Waals surface area (Å²) in [4.78, 5) is 0. The minimum absolute atomic E-state index is 0.226. The van der Waals surface area contributed by atoms with Crippen LogP contribution in [-0.2, 0) is 22.5 Å². The van der Waals surface area contributed by atoms with Crippen molar-refractivity contribution in [2.24, 2.45) is 0 Å². The van der Waals surface area contributed by atoms with Gasteiger partial charge in [-0.05, 0) is 46.3 Å². The first-order valence-corrected chi connectivity index (χ1v) is 6.19. The minimum atomic E-state index is -0.319. The van der Waals surface area contributed by atoms with Gasteiger partial charge in [-0.15, -0.1) is 0 Å². The highest BCUT2D eigenvalue weighted by Crippen LogP contribution is 2.07. The summed E-state index contributed by atoms with van der Waals surface area (Å²) in [6, 6.07) is 8.81. The fourth-order valence-corrected chi connectivity index (χ4v) is 2.07. The van der Waals surface area contributed by atoms with E-state index in [1.165, 1.54) is 39.2 Å². The van der Waals surface area contributed by atoms with Gasteiger partial charge in [-0.25, -0.2) is 8.78 Å². The lowest BCUT2D eigenvalue weighted by Gasteiger charge is -2.15. The number of halogens is 2. The van der Waals surface area contributed by atoms with Crippen molar-refractivity contribution in [3.05, 3.63) is 59.2 Å². The molecule has 1 aliphatic rings. The van der Waals surface area contributed by atoms with Gasteiger partial charge < -0.3 is 9.31 Å². The van der Waals surface area contributed by atoms with Crippen LogP contribution in [0.1, 0.15) is 11.1 Å². The van der Waals surface area contributed by atoms with E-state index in [0.717, 1.165) is 10.9 Å². The Balaban J connectivity index is 1.86. The van der Waals surface area contributed by atoms with Gasteiger partial charge in [-0.1, -0.05) is 12.1 Å². The van der Waals surface area contributed by atoms with Crippen molar-refractivity contribution in [3.8, 4) is 0 Å². The van der Waals surface area contributed by atoms with E-state index in [1.54, 1.807) is 12.1 Å². The molecule has 0 N–H and O–H groups in total. The van der Waals surface area contributed by atoms with Crippen LogP contribution in [0.15, 0.2) is 36.4 Å². The number of benzene rings is 2. The van der Waals surface area contributed by atoms with Crippen LogP contribution in [0.3, 0.4) is 0 Å². The summed E-state index contributed by atoms with van der Waals surface area (Å²) in [7, 11) is 3.08. The number of hydrogen-bond donors (Lipinski definition) is 0. The summed E-state index contributed by atoms with van der Waals surface area (Å²) in [5, 5.41) is 0. The molecule has 0 saturated carbocycles. The van der Waals surface area contributed by atoms with Crippen LogP contribution >= 0.6 is 0 Å². The molecule has 20 heavy (non-hydrogen) atoms. The van der Waals surface area contributed by atoms with Crippen molar-refractivity contribution >= 4 is 25.9 Å². The molecule has 98 valence electrons. The van der Waals surface area contributed by atoms with Gasteiger partial charge in [0.05, 0.1) is 13.2 Å². The molecule has 0 bridgehead atoms. The molecule has 1 heterocycles. The van der Waals surface area contributed by atoms with Gasteiger partial charge >= 0.3 is 15.0 Å². The summed E-state index contributed by atoms with van der Waals surface area (Å²) in [6.45, 7) is 0.452. The zero-order valence-corrected chi connectivity index (χ0v) is 10.6. The Morgan fingerprint density at radius 2 is 1.20 bits per heavy atom. The van der Waals surface area contributed by atoms with Gasteiger partial charge in [0, 0.05) is 0 Å². The Morgan fingerprint density at radius 1 is 0.750 bits per heavy atom. The standard InChI is InChI=1S/C14H10B2F2O2/c17-11-1-3-13-9(5-11)7-20-16-14-4-2-12(18)6-10(14)8-19-15-13/h1-6H,7-8H2. The lowest BCUT2D eigenvalue weighted by Crippen LogP contribution is -2.29. The molecule has 0 aliphatic carbocycles. The Hall–Kier alpha value is -1.65. The summed E-state index contributed by atoms with van der Waals surface area (Å²) in [6.07, 6.45) is 0. The lowest BCUT2D eigenvalue weighted by molar-refractivity contribution is 0.317. The largest absolute Gasteiger partial charge is 0.430 e. The van der Waals surface area contributed by atoms with Crippen LogP contribution in [0, 0.1) is 11.6 Å². The molecule has 6 heteroatoms. The molecule has 0 amide bonds. The molecule has 0 fully saturated rings. The molecule has 0 atom stereocenters. The molecule has 2 nitrogen and oxygen atoms in total. The Labute approximate surface area is 117 Å². The Morgan fingerprint density at radius 3 is 1.65 bits per heavy atom. The normalized spacial score (nSPS) is 14.5. The van der Waals surface area contributed by atoms with Crippen LogP contribution in [0.25, 0.3) is 0 Å². The topological polar surface area (TPSA) is 18.5 Å². The van der Waals surface area contributed by atoms with Crippen LogP contribution in [0.2, 0.25) is 0 Å². The second-order valence-electron chi connectivity index (χ2n) is 4.54. The second kappa shape index (κ2) is 5.77. The second-order valence-corrected chi connectivity index (χ2v) is 4.54. The van der Waals surface area contributed by atoms with E-state index in [-0.39, 0.29) is 24.8 Å². The quantitative estimate of drug-likeness (QED) is 0.670. The first kappa shape index (κ1) is 13.3. The number of hydrogen-bond acceptors (Lipinski definition) is 2. The highest BCUT2D eigenvalue weighted by Gasteiger charge is 2.13. The van der Waals surface area contributed by atoms with Gasteiger partial charge in [-0.3, -0.25) is 0 Å². The van der Waals surface area contributed by atoms with Gasteiger partial charge in [0.15, 0.2) is 0 Å². The van der Waals surface area contributed by atoms with E-state index in [1.807, 2.05) is 0 Å². The van der Waals surface area contributed by atoms with Crippen LogP contribution in [0.5, 0.6) is 0 Å². The first-order valence-electron chi connectivity index (χ1n) is 6.19. The van der Waals surface area contributed by atoms with Crippen molar-refractivity contribution in [1.29, 1.82) is 0 Å². The molecule has 3 rings (SSSR count). The summed E-state index contributed by atoms with van der Waals surface area (Å²) >= 11 is 0. The van der Waals surface area contributed by atoms with Gasteiger partial charge in [0.1, 0.15) is 11.6 Å². The van der Waals surface area contributed by atoms with E-state index < -0.39 is 0 Å².